The zero-order valence-electron chi connectivity index (χ0n) is 9.20. The average molecular weight is 200 g/mol. The van der Waals surface area contributed by atoms with Gasteiger partial charge in [-0.05, 0) is 30.9 Å². The Balaban J connectivity index is 3.17. The molecule has 0 spiro atoms. The molecule has 0 bridgehead atoms. The van der Waals surface area contributed by atoms with Gasteiger partial charge in [0, 0.05) is 0 Å². The largest absolute Gasteiger partial charge is 0.397 e. The maximum Gasteiger partial charge on any atom is 0.0858 e. The van der Waals surface area contributed by atoms with Gasteiger partial charge in [-0.25, -0.2) is 4.99 Å². The van der Waals surface area contributed by atoms with Crippen LogP contribution in [0.3, 0.4) is 0 Å². The first-order valence-electron chi connectivity index (χ1n) is 4.99. The molecule has 0 saturated heterocycles. The van der Waals surface area contributed by atoms with E-state index in [0.717, 1.165) is 12.1 Å². The molecule has 0 fully saturated rings. The van der Waals surface area contributed by atoms with Crippen LogP contribution in [0.5, 0.6) is 0 Å². The molecule has 0 saturated carbocycles. The van der Waals surface area contributed by atoms with Crippen molar-refractivity contribution < 1.29 is 0 Å². The van der Waals surface area contributed by atoms with Crippen LogP contribution in [0.2, 0.25) is 0 Å². The highest BCUT2D eigenvalue weighted by Crippen LogP contribution is 2.24. The highest BCUT2D eigenvalue weighted by molar-refractivity contribution is 5.78. The van der Waals surface area contributed by atoms with E-state index in [0.29, 0.717) is 11.6 Å². The van der Waals surface area contributed by atoms with E-state index in [9.17, 15) is 0 Å². The molecule has 0 aliphatic heterocycles. The number of nitrogens with zero attached hydrogens (tertiary/aromatic N) is 1. The zero-order valence-corrected chi connectivity index (χ0v) is 9.20. The first-order chi connectivity index (χ1) is 7.16. The molecule has 1 aliphatic rings. The van der Waals surface area contributed by atoms with Crippen molar-refractivity contribution in [1.29, 1.82) is 0 Å². The monoisotopic (exact) mass is 200 g/mol. The molecule has 1 atom stereocenters. The quantitative estimate of drug-likeness (QED) is 0.512. The van der Waals surface area contributed by atoms with Crippen LogP contribution in [0, 0.1) is 18.3 Å². The van der Waals surface area contributed by atoms with Gasteiger partial charge in [-0.3, -0.25) is 0 Å². The Morgan fingerprint density at radius 3 is 3.07 bits per heavy atom. The van der Waals surface area contributed by atoms with Crippen LogP contribution in [-0.4, -0.2) is 6.21 Å². The summed E-state index contributed by atoms with van der Waals surface area (Å²) in [6, 6.07) is 0. The summed E-state index contributed by atoms with van der Waals surface area (Å²) in [5.41, 5.74) is 8.57. The molecule has 1 rings (SSSR count). The summed E-state index contributed by atoms with van der Waals surface area (Å²) in [5.74, 6) is 2.82. The SMILES string of the molecule is C#CC=NC1=C(/C)C(C)C\C=C/C=C/1N. The molecule has 0 aromatic carbocycles. The lowest BCUT2D eigenvalue weighted by atomic mass is 9.94. The van der Waals surface area contributed by atoms with Crippen LogP contribution < -0.4 is 5.73 Å². The molecule has 1 aliphatic carbocycles. The van der Waals surface area contributed by atoms with Crippen LogP contribution in [0.25, 0.3) is 0 Å². The van der Waals surface area contributed by atoms with Crippen molar-refractivity contribution in [3.05, 3.63) is 35.2 Å². The fraction of sp³-hybridized carbons (Fsp3) is 0.308. The second kappa shape index (κ2) is 5.21. The molecule has 0 radical (unpaired) electrons. The predicted octanol–water partition coefficient (Wildman–Crippen LogP) is 2.40. The molecule has 0 aromatic rings. The topological polar surface area (TPSA) is 38.4 Å². The molecule has 0 heterocycles. The third-order valence-electron chi connectivity index (χ3n) is 2.56. The Morgan fingerprint density at radius 2 is 2.40 bits per heavy atom. The number of hydrogen-bond donors (Lipinski definition) is 1. The van der Waals surface area contributed by atoms with Gasteiger partial charge in [0.25, 0.3) is 0 Å². The molecule has 2 nitrogen and oxygen atoms in total. The smallest absolute Gasteiger partial charge is 0.0858 e. The van der Waals surface area contributed by atoms with E-state index in [1.807, 2.05) is 19.1 Å². The molecule has 0 aromatic heterocycles. The Kier molecular flexibility index (Phi) is 3.93. The van der Waals surface area contributed by atoms with Gasteiger partial charge in [0.05, 0.1) is 17.6 Å². The second-order valence-electron chi connectivity index (χ2n) is 3.64. The van der Waals surface area contributed by atoms with E-state index < -0.39 is 0 Å². The summed E-state index contributed by atoms with van der Waals surface area (Å²) < 4.78 is 0. The first kappa shape index (κ1) is 11.3. The maximum absolute atomic E-state index is 5.91. The van der Waals surface area contributed by atoms with Crippen LogP contribution in [0.4, 0.5) is 0 Å². The lowest BCUT2D eigenvalue weighted by Crippen LogP contribution is -2.07. The normalized spacial score (nSPS) is 32.6. The highest BCUT2D eigenvalue weighted by Gasteiger charge is 2.11. The second-order valence-corrected chi connectivity index (χ2v) is 3.64. The Labute approximate surface area is 91.3 Å². The number of nitrogens with two attached hydrogens (primary N) is 1. The van der Waals surface area contributed by atoms with Gasteiger partial charge in [0.2, 0.25) is 0 Å². The Bertz CT molecular complexity index is 389. The van der Waals surface area contributed by atoms with Gasteiger partial charge in [-0.1, -0.05) is 25.0 Å². The molecule has 78 valence electrons. The standard InChI is InChI=1S/C13H16N2/c1-4-9-15-13-11(3)10(2)7-5-6-8-12(13)14/h1,5-6,8-10H,7,14H2,2-3H3/b6-5-,12-8-,13-11+,15-9?. The van der Waals surface area contributed by atoms with Crippen molar-refractivity contribution in [2.75, 3.05) is 0 Å². The van der Waals surface area contributed by atoms with E-state index in [1.54, 1.807) is 0 Å². The van der Waals surface area contributed by atoms with Gasteiger partial charge in [0.15, 0.2) is 0 Å². The van der Waals surface area contributed by atoms with Crippen molar-refractivity contribution in [3.63, 3.8) is 0 Å². The number of terminal acetylenes is 1. The summed E-state index contributed by atoms with van der Waals surface area (Å²) in [4.78, 5) is 4.21. The van der Waals surface area contributed by atoms with E-state index >= 15 is 0 Å². The summed E-state index contributed by atoms with van der Waals surface area (Å²) in [7, 11) is 0. The Morgan fingerprint density at radius 1 is 1.67 bits per heavy atom. The van der Waals surface area contributed by atoms with Crippen molar-refractivity contribution in [3.8, 4) is 12.3 Å². The van der Waals surface area contributed by atoms with E-state index in [4.69, 9.17) is 12.2 Å². The van der Waals surface area contributed by atoms with Crippen LogP contribution >= 0.6 is 0 Å². The van der Waals surface area contributed by atoms with E-state index in [1.165, 1.54) is 11.8 Å². The van der Waals surface area contributed by atoms with Gasteiger partial charge < -0.3 is 5.73 Å². The minimum absolute atomic E-state index is 0.443. The first-order valence-corrected chi connectivity index (χ1v) is 4.99. The highest BCUT2D eigenvalue weighted by atomic mass is 14.8. The summed E-state index contributed by atoms with van der Waals surface area (Å²) >= 11 is 0. The molecular weight excluding hydrogens is 184 g/mol. The van der Waals surface area contributed by atoms with Gasteiger partial charge in [-0.15, -0.1) is 6.42 Å². The van der Waals surface area contributed by atoms with Crippen molar-refractivity contribution in [2.45, 2.75) is 20.3 Å². The van der Waals surface area contributed by atoms with Gasteiger partial charge in [0.1, 0.15) is 0 Å². The van der Waals surface area contributed by atoms with Crippen LogP contribution in [-0.2, 0) is 0 Å². The lowest BCUT2D eigenvalue weighted by Gasteiger charge is -2.15. The fourth-order valence-electron chi connectivity index (χ4n) is 1.45. The molecule has 1 unspecified atom stereocenters. The lowest BCUT2D eigenvalue weighted by molar-refractivity contribution is 0.683. The molecular formula is C13H16N2. The van der Waals surface area contributed by atoms with Crippen molar-refractivity contribution in [1.82, 2.24) is 0 Å². The third-order valence-corrected chi connectivity index (χ3v) is 2.56. The zero-order chi connectivity index (χ0) is 11.3. The minimum Gasteiger partial charge on any atom is -0.397 e. The molecule has 0 amide bonds. The summed E-state index contributed by atoms with van der Waals surface area (Å²) in [6.45, 7) is 4.21. The van der Waals surface area contributed by atoms with Gasteiger partial charge in [-0.2, -0.15) is 0 Å². The minimum atomic E-state index is 0.443. The molecule has 2 heteroatoms. The number of aliphatic imine (C=N–C) groups is 1. The average Bonchev–Trinajstić information content (AvgIpc) is 2.23. The van der Waals surface area contributed by atoms with Crippen LogP contribution in [0.15, 0.2) is 40.2 Å². The maximum atomic E-state index is 5.91. The van der Waals surface area contributed by atoms with E-state index in [-0.39, 0.29) is 0 Å². The number of hydrogen-bond acceptors (Lipinski definition) is 2. The third kappa shape index (κ3) is 2.85. The molecule has 2 N–H and O–H groups in total. The number of rotatable bonds is 1. The van der Waals surface area contributed by atoms with Crippen molar-refractivity contribution >= 4 is 6.21 Å². The van der Waals surface area contributed by atoms with Crippen LogP contribution in [0.1, 0.15) is 20.3 Å². The van der Waals surface area contributed by atoms with E-state index in [2.05, 4.69) is 23.9 Å². The number of allylic oxidation sites excluding steroid dienone is 4. The predicted molar refractivity (Wildman–Crippen MR) is 65.2 cm³/mol. The summed E-state index contributed by atoms with van der Waals surface area (Å²) in [6.07, 6.45) is 13.5. The Hall–Kier alpha value is -1.75. The summed E-state index contributed by atoms with van der Waals surface area (Å²) in [5, 5.41) is 0. The fourth-order valence-corrected chi connectivity index (χ4v) is 1.45. The van der Waals surface area contributed by atoms with Crippen molar-refractivity contribution in [2.24, 2.45) is 16.6 Å². The van der Waals surface area contributed by atoms with Gasteiger partial charge >= 0.3 is 0 Å². The molecule has 15 heavy (non-hydrogen) atoms.